The van der Waals surface area contributed by atoms with Gasteiger partial charge in [0.15, 0.2) is 0 Å². The molecule has 0 unspecified atom stereocenters. The lowest BCUT2D eigenvalue weighted by Crippen LogP contribution is -2.14. The number of aromatic nitrogens is 1. The molecule has 0 aliphatic heterocycles. The molecule has 0 bridgehead atoms. The number of hydrogen-bond acceptors (Lipinski definition) is 5. The predicted octanol–water partition coefficient (Wildman–Crippen LogP) is 6.14. The largest absolute Gasteiger partial charge is 0.497 e. The molecule has 0 spiro atoms. The zero-order chi connectivity index (χ0) is 26.6. The molecule has 0 saturated heterocycles. The van der Waals surface area contributed by atoms with Gasteiger partial charge in [0.05, 0.1) is 30.5 Å². The molecular weight excluding hydrogens is 474 g/mol. The van der Waals surface area contributed by atoms with Gasteiger partial charge in [0, 0.05) is 23.3 Å². The molecule has 0 aliphatic carbocycles. The van der Waals surface area contributed by atoms with Crippen LogP contribution in [-0.4, -0.2) is 23.1 Å². The highest BCUT2D eigenvalue weighted by molar-refractivity contribution is 6.08. The third-order valence-electron chi connectivity index (χ3n) is 6.63. The van der Waals surface area contributed by atoms with Crippen LogP contribution in [0.15, 0.2) is 91.1 Å². The van der Waals surface area contributed by atoms with Crippen LogP contribution in [0.1, 0.15) is 32.6 Å². The van der Waals surface area contributed by atoms with Gasteiger partial charge in [0.1, 0.15) is 5.75 Å². The van der Waals surface area contributed by atoms with Gasteiger partial charge >= 0.3 is 0 Å². The first kappa shape index (κ1) is 25.0. The first-order valence-corrected chi connectivity index (χ1v) is 12.4. The number of amides is 1. The van der Waals surface area contributed by atoms with Gasteiger partial charge in [0.2, 0.25) is 0 Å². The first-order chi connectivity index (χ1) is 18.4. The minimum atomic E-state index is -0.548. The van der Waals surface area contributed by atoms with Crippen molar-refractivity contribution in [2.45, 2.75) is 20.0 Å². The Morgan fingerprint density at radius 3 is 2.45 bits per heavy atom. The van der Waals surface area contributed by atoms with E-state index in [-0.39, 0.29) is 6.61 Å². The molecule has 0 saturated carbocycles. The molecule has 38 heavy (non-hydrogen) atoms. The van der Waals surface area contributed by atoms with Crippen molar-refractivity contribution in [2.75, 3.05) is 12.4 Å². The van der Waals surface area contributed by atoms with E-state index < -0.39 is 5.91 Å². The maximum Gasteiger partial charge on any atom is 0.252 e. The van der Waals surface area contributed by atoms with Crippen LogP contribution in [0.2, 0.25) is 0 Å². The summed E-state index contributed by atoms with van der Waals surface area (Å²) < 4.78 is 5.36. The molecule has 6 nitrogen and oxygen atoms in total. The molecule has 4 N–H and O–H groups in total. The maximum atomic E-state index is 12.4. The van der Waals surface area contributed by atoms with Crippen LogP contribution in [-0.2, 0) is 13.0 Å². The van der Waals surface area contributed by atoms with Crippen molar-refractivity contribution < 1.29 is 14.6 Å². The Bertz CT molecular complexity index is 1630. The van der Waals surface area contributed by atoms with Gasteiger partial charge in [-0.1, -0.05) is 60.7 Å². The number of aliphatic hydroxyl groups is 1. The number of pyridine rings is 1. The van der Waals surface area contributed by atoms with E-state index in [2.05, 4.69) is 46.7 Å². The highest BCUT2D eigenvalue weighted by Gasteiger charge is 2.16. The van der Waals surface area contributed by atoms with Gasteiger partial charge in [-0.2, -0.15) is 0 Å². The van der Waals surface area contributed by atoms with Crippen LogP contribution in [0, 0.1) is 6.92 Å². The number of aryl methyl sites for hydroxylation is 1. The van der Waals surface area contributed by atoms with E-state index in [0.717, 1.165) is 50.0 Å². The van der Waals surface area contributed by atoms with Crippen molar-refractivity contribution in [1.82, 2.24) is 4.98 Å². The number of aliphatic hydroxyl groups excluding tert-OH is 1. The summed E-state index contributed by atoms with van der Waals surface area (Å²) in [7, 11) is 1.62. The molecule has 1 aromatic heterocycles. The van der Waals surface area contributed by atoms with Gasteiger partial charge in [0.25, 0.3) is 5.91 Å². The van der Waals surface area contributed by atoms with Gasteiger partial charge in [-0.15, -0.1) is 0 Å². The van der Waals surface area contributed by atoms with Crippen LogP contribution in [0.4, 0.5) is 11.4 Å². The van der Waals surface area contributed by atoms with E-state index in [1.807, 2.05) is 55.5 Å². The lowest BCUT2D eigenvalue weighted by molar-refractivity contribution is 0.100. The van der Waals surface area contributed by atoms with Crippen LogP contribution in [0.25, 0.3) is 22.0 Å². The summed E-state index contributed by atoms with van der Waals surface area (Å²) in [4.78, 5) is 16.9. The lowest BCUT2D eigenvalue weighted by atomic mass is 9.96. The SMILES string of the molecule is COc1cccc(Nc2c(C(N)=O)cnc3c(C)cc(Cc4cccc(-c5ccc(CO)cc5)c4)cc23)c1. The Labute approximate surface area is 221 Å². The molecule has 190 valence electrons. The smallest absolute Gasteiger partial charge is 0.252 e. The van der Waals surface area contributed by atoms with Crippen LogP contribution in [0.3, 0.4) is 0 Å². The quantitative estimate of drug-likeness (QED) is 0.236. The monoisotopic (exact) mass is 503 g/mol. The van der Waals surface area contributed by atoms with E-state index in [9.17, 15) is 9.90 Å². The van der Waals surface area contributed by atoms with E-state index in [1.54, 1.807) is 7.11 Å². The number of benzene rings is 4. The highest BCUT2D eigenvalue weighted by Crippen LogP contribution is 2.33. The van der Waals surface area contributed by atoms with E-state index >= 15 is 0 Å². The molecule has 4 aromatic carbocycles. The van der Waals surface area contributed by atoms with Crippen LogP contribution < -0.4 is 15.8 Å². The minimum absolute atomic E-state index is 0.0304. The minimum Gasteiger partial charge on any atom is -0.497 e. The number of carbonyl (C=O) groups excluding carboxylic acids is 1. The summed E-state index contributed by atoms with van der Waals surface area (Å²) in [6.07, 6.45) is 2.24. The summed E-state index contributed by atoms with van der Waals surface area (Å²) in [5, 5.41) is 13.6. The van der Waals surface area contributed by atoms with Gasteiger partial charge in [-0.25, -0.2) is 0 Å². The number of nitrogens with one attached hydrogen (secondary N) is 1. The topological polar surface area (TPSA) is 97.5 Å². The number of primary amides is 1. The van der Waals surface area contributed by atoms with Crippen molar-refractivity contribution in [3.8, 4) is 16.9 Å². The van der Waals surface area contributed by atoms with Crippen molar-refractivity contribution >= 4 is 28.2 Å². The molecule has 1 amide bonds. The Hall–Kier alpha value is -4.68. The van der Waals surface area contributed by atoms with E-state index in [1.165, 1.54) is 6.20 Å². The van der Waals surface area contributed by atoms with Gasteiger partial charge in [-0.05, 0) is 64.9 Å². The summed E-state index contributed by atoms with van der Waals surface area (Å²) in [5.41, 5.74) is 14.7. The third-order valence-corrected chi connectivity index (χ3v) is 6.63. The predicted molar refractivity (Wildman–Crippen MR) is 152 cm³/mol. The fourth-order valence-corrected chi connectivity index (χ4v) is 4.72. The summed E-state index contributed by atoms with van der Waals surface area (Å²) >= 11 is 0. The molecule has 5 rings (SSSR count). The van der Waals surface area contributed by atoms with E-state index in [0.29, 0.717) is 23.4 Å². The Morgan fingerprint density at radius 1 is 0.921 bits per heavy atom. The van der Waals surface area contributed by atoms with Crippen molar-refractivity contribution in [3.05, 3.63) is 119 Å². The number of nitrogens with two attached hydrogens (primary N) is 1. The first-order valence-electron chi connectivity index (χ1n) is 12.4. The molecule has 0 aliphatic rings. The Balaban J connectivity index is 1.55. The fourth-order valence-electron chi connectivity index (χ4n) is 4.72. The van der Waals surface area contributed by atoms with Crippen molar-refractivity contribution in [3.63, 3.8) is 0 Å². The van der Waals surface area contributed by atoms with Crippen molar-refractivity contribution in [2.24, 2.45) is 5.73 Å². The van der Waals surface area contributed by atoms with Crippen LogP contribution in [0.5, 0.6) is 5.75 Å². The van der Waals surface area contributed by atoms with E-state index in [4.69, 9.17) is 10.5 Å². The summed E-state index contributed by atoms with van der Waals surface area (Å²) in [6.45, 7) is 2.06. The van der Waals surface area contributed by atoms with Crippen molar-refractivity contribution in [1.29, 1.82) is 0 Å². The van der Waals surface area contributed by atoms with Crippen LogP contribution >= 0.6 is 0 Å². The third kappa shape index (κ3) is 5.21. The normalized spacial score (nSPS) is 10.9. The second-order valence-electron chi connectivity index (χ2n) is 9.31. The zero-order valence-electron chi connectivity index (χ0n) is 21.4. The maximum absolute atomic E-state index is 12.4. The Morgan fingerprint density at radius 2 is 1.71 bits per heavy atom. The average Bonchev–Trinajstić information content (AvgIpc) is 2.93. The molecule has 5 aromatic rings. The molecule has 0 atom stereocenters. The Kier molecular flexibility index (Phi) is 7.07. The molecule has 1 heterocycles. The number of carbonyl (C=O) groups is 1. The average molecular weight is 504 g/mol. The molecular formula is C32H29N3O3. The second kappa shape index (κ2) is 10.7. The van der Waals surface area contributed by atoms with Gasteiger partial charge in [-0.3, -0.25) is 9.78 Å². The lowest BCUT2D eigenvalue weighted by Gasteiger charge is -2.16. The zero-order valence-corrected chi connectivity index (χ0v) is 21.4. The second-order valence-corrected chi connectivity index (χ2v) is 9.31. The van der Waals surface area contributed by atoms with Gasteiger partial charge < -0.3 is 20.9 Å². The molecule has 6 heteroatoms. The number of rotatable bonds is 8. The standard InChI is InChI=1S/C32H29N3O3/c1-20-13-23(14-22-5-3-6-25(15-22)24-11-9-21(19-36)10-12-24)16-28-30(20)34-18-29(32(33)37)31(28)35-26-7-4-8-27(17-26)38-2/h3-13,15-18,36H,14,19H2,1-2H3,(H2,33,37)(H,34,35). The number of anilines is 2. The number of methoxy groups -OCH3 is 1. The number of hydrogen-bond donors (Lipinski definition) is 3. The fraction of sp³-hybridized carbons (Fsp3) is 0.125. The number of fused-ring (bicyclic) bond motifs is 1. The molecule has 0 radical (unpaired) electrons. The summed E-state index contributed by atoms with van der Waals surface area (Å²) in [6, 6.07) is 28.1. The number of nitrogens with zero attached hydrogens (tertiary/aromatic N) is 1. The molecule has 0 fully saturated rings. The number of ether oxygens (including phenoxy) is 1. The highest BCUT2D eigenvalue weighted by atomic mass is 16.5. The summed E-state index contributed by atoms with van der Waals surface area (Å²) in [5.74, 6) is 0.157.